The first kappa shape index (κ1) is 20.8. The summed E-state index contributed by atoms with van der Waals surface area (Å²) in [6.07, 6.45) is 2.68. The normalized spacial score (nSPS) is 16.8. The van der Waals surface area contributed by atoms with E-state index in [0.29, 0.717) is 19.1 Å². The van der Waals surface area contributed by atoms with Crippen molar-refractivity contribution < 1.29 is 14.6 Å². The third kappa shape index (κ3) is 3.91. The highest BCUT2D eigenvalue weighted by Crippen LogP contribution is 2.31. The molecule has 0 saturated carbocycles. The van der Waals surface area contributed by atoms with Gasteiger partial charge in [-0.05, 0) is 67.5 Å². The first-order valence-electron chi connectivity index (χ1n) is 11.3. The minimum absolute atomic E-state index is 0.0903. The number of ether oxygens (including phenoxy) is 1. The van der Waals surface area contributed by atoms with Crippen LogP contribution in [0.5, 0.6) is 5.75 Å². The zero-order valence-corrected chi connectivity index (χ0v) is 18.6. The zero-order chi connectivity index (χ0) is 22.2. The van der Waals surface area contributed by atoms with E-state index in [-0.39, 0.29) is 11.7 Å². The molecule has 2 aromatic carbocycles. The number of H-pyrrole nitrogens is 1. The Hall–Kier alpha value is -3.12. The largest absolute Gasteiger partial charge is 0.508 e. The van der Waals surface area contributed by atoms with Gasteiger partial charge >= 0.3 is 0 Å². The molecule has 1 aromatic heterocycles. The number of hydrogen-bond acceptors (Lipinski definition) is 4. The number of carbonyl (C=O) groups is 1. The molecule has 0 radical (unpaired) electrons. The van der Waals surface area contributed by atoms with E-state index in [1.165, 1.54) is 5.56 Å². The van der Waals surface area contributed by atoms with Gasteiger partial charge in [0.15, 0.2) is 0 Å². The van der Waals surface area contributed by atoms with E-state index >= 15 is 0 Å². The molecule has 6 heteroatoms. The van der Waals surface area contributed by atoms with Crippen molar-refractivity contribution >= 4 is 5.91 Å². The summed E-state index contributed by atoms with van der Waals surface area (Å²) >= 11 is 0. The molecule has 1 saturated heterocycles. The lowest BCUT2D eigenvalue weighted by molar-refractivity contribution is 0.0712. The number of rotatable bonds is 3. The maximum atomic E-state index is 13.4. The van der Waals surface area contributed by atoms with E-state index in [4.69, 9.17) is 9.72 Å². The quantitative estimate of drug-likeness (QED) is 0.640. The molecule has 6 nitrogen and oxygen atoms in total. The fourth-order valence-corrected chi connectivity index (χ4v) is 4.91. The third-order valence-electron chi connectivity index (χ3n) is 6.80. The van der Waals surface area contributed by atoms with Crippen LogP contribution in [-0.4, -0.2) is 45.6 Å². The SMILES string of the molecule is Cc1cc(C)c(-c2nc3c([nH]2)COCC3)cc1C(=O)N1CCC(c2ccc(O)cc2)CC1. The van der Waals surface area contributed by atoms with Gasteiger partial charge in [-0.15, -0.1) is 0 Å². The molecule has 3 aromatic rings. The second-order valence-corrected chi connectivity index (χ2v) is 8.95. The third-order valence-corrected chi connectivity index (χ3v) is 6.80. The maximum Gasteiger partial charge on any atom is 0.254 e. The van der Waals surface area contributed by atoms with Crippen LogP contribution in [0.1, 0.15) is 57.2 Å². The van der Waals surface area contributed by atoms with Crippen LogP contribution in [0.15, 0.2) is 36.4 Å². The summed E-state index contributed by atoms with van der Waals surface area (Å²) in [5.74, 6) is 1.62. The van der Waals surface area contributed by atoms with Crippen LogP contribution in [0.3, 0.4) is 0 Å². The topological polar surface area (TPSA) is 78.5 Å². The zero-order valence-electron chi connectivity index (χ0n) is 18.6. The van der Waals surface area contributed by atoms with Crippen LogP contribution in [0.25, 0.3) is 11.4 Å². The number of phenolic OH excluding ortho intramolecular Hbond substituents is 1. The van der Waals surface area contributed by atoms with Crippen molar-refractivity contribution in [2.45, 2.75) is 45.6 Å². The Labute approximate surface area is 188 Å². The summed E-state index contributed by atoms with van der Waals surface area (Å²) in [6.45, 7) is 6.81. The van der Waals surface area contributed by atoms with Gasteiger partial charge in [0.2, 0.25) is 0 Å². The number of likely N-dealkylation sites (tertiary alicyclic amines) is 1. The Balaban J connectivity index is 1.35. The van der Waals surface area contributed by atoms with Gasteiger partial charge in [0.1, 0.15) is 11.6 Å². The highest BCUT2D eigenvalue weighted by Gasteiger charge is 2.26. The van der Waals surface area contributed by atoms with E-state index in [2.05, 4.69) is 18.0 Å². The van der Waals surface area contributed by atoms with E-state index in [0.717, 1.165) is 71.8 Å². The predicted octanol–water partition coefficient (Wildman–Crippen LogP) is 4.49. The number of piperidine rings is 1. The van der Waals surface area contributed by atoms with E-state index in [1.807, 2.05) is 30.0 Å². The number of aromatic nitrogens is 2. The number of aromatic hydroxyl groups is 1. The van der Waals surface area contributed by atoms with Crippen molar-refractivity contribution in [1.82, 2.24) is 14.9 Å². The standard InChI is InChI=1S/C26H29N3O3/c1-16-13-17(2)22(14-21(16)25-27-23-9-12-32-15-24(23)28-25)26(31)29-10-7-19(8-11-29)18-3-5-20(30)6-4-18/h3-6,13-14,19,30H,7-12,15H2,1-2H3,(H,27,28). The molecular formula is C26H29N3O3. The lowest BCUT2D eigenvalue weighted by Gasteiger charge is -2.32. The number of hydrogen-bond donors (Lipinski definition) is 2. The average Bonchev–Trinajstić information content (AvgIpc) is 3.23. The molecule has 32 heavy (non-hydrogen) atoms. The van der Waals surface area contributed by atoms with Gasteiger partial charge in [0.05, 0.1) is 24.6 Å². The number of phenols is 1. The Morgan fingerprint density at radius 2 is 1.88 bits per heavy atom. The molecule has 0 atom stereocenters. The van der Waals surface area contributed by atoms with Crippen LogP contribution in [0.4, 0.5) is 0 Å². The molecule has 0 spiro atoms. The van der Waals surface area contributed by atoms with Crippen molar-refractivity contribution in [2.75, 3.05) is 19.7 Å². The Morgan fingerprint density at radius 1 is 1.12 bits per heavy atom. The Kier molecular flexibility index (Phi) is 5.47. The van der Waals surface area contributed by atoms with Crippen molar-refractivity contribution in [3.8, 4) is 17.1 Å². The second kappa shape index (κ2) is 8.43. The molecule has 0 bridgehead atoms. The van der Waals surface area contributed by atoms with Crippen LogP contribution >= 0.6 is 0 Å². The van der Waals surface area contributed by atoms with Crippen molar-refractivity contribution in [3.05, 3.63) is 70.0 Å². The van der Waals surface area contributed by atoms with Gasteiger partial charge in [-0.1, -0.05) is 18.2 Å². The number of carbonyl (C=O) groups excluding carboxylic acids is 1. The van der Waals surface area contributed by atoms with Gasteiger partial charge in [-0.25, -0.2) is 4.98 Å². The number of nitrogens with one attached hydrogen (secondary N) is 1. The van der Waals surface area contributed by atoms with Crippen molar-refractivity contribution in [1.29, 1.82) is 0 Å². The molecule has 2 N–H and O–H groups in total. The Morgan fingerprint density at radius 3 is 2.59 bits per heavy atom. The minimum atomic E-state index is 0.0903. The molecule has 2 aliphatic heterocycles. The van der Waals surface area contributed by atoms with Gasteiger partial charge in [-0.2, -0.15) is 0 Å². The fraction of sp³-hybridized carbons (Fsp3) is 0.385. The van der Waals surface area contributed by atoms with Crippen LogP contribution in [-0.2, 0) is 17.8 Å². The monoisotopic (exact) mass is 431 g/mol. The molecule has 1 amide bonds. The number of aromatic amines is 1. The average molecular weight is 432 g/mol. The summed E-state index contributed by atoms with van der Waals surface area (Å²) in [6, 6.07) is 11.5. The lowest BCUT2D eigenvalue weighted by Crippen LogP contribution is -2.38. The Bertz CT molecular complexity index is 1120. The molecule has 166 valence electrons. The van der Waals surface area contributed by atoms with E-state index in [1.54, 1.807) is 12.1 Å². The maximum absolute atomic E-state index is 13.4. The number of amides is 1. The van der Waals surface area contributed by atoms with Gasteiger partial charge in [-0.3, -0.25) is 4.79 Å². The van der Waals surface area contributed by atoms with Crippen molar-refractivity contribution in [2.24, 2.45) is 0 Å². The van der Waals surface area contributed by atoms with Gasteiger partial charge in [0, 0.05) is 30.6 Å². The molecular weight excluding hydrogens is 402 g/mol. The van der Waals surface area contributed by atoms with Gasteiger partial charge in [0.25, 0.3) is 5.91 Å². The number of aryl methyl sites for hydroxylation is 2. The smallest absolute Gasteiger partial charge is 0.254 e. The molecule has 1 fully saturated rings. The molecule has 5 rings (SSSR count). The van der Waals surface area contributed by atoms with Crippen molar-refractivity contribution in [3.63, 3.8) is 0 Å². The minimum Gasteiger partial charge on any atom is -0.508 e. The summed E-state index contributed by atoms with van der Waals surface area (Å²) in [7, 11) is 0. The summed E-state index contributed by atoms with van der Waals surface area (Å²) in [5, 5.41) is 9.53. The van der Waals surface area contributed by atoms with E-state index < -0.39 is 0 Å². The van der Waals surface area contributed by atoms with Crippen LogP contribution in [0.2, 0.25) is 0 Å². The van der Waals surface area contributed by atoms with Crippen LogP contribution in [0, 0.1) is 13.8 Å². The summed E-state index contributed by atoms with van der Waals surface area (Å²) < 4.78 is 5.54. The highest BCUT2D eigenvalue weighted by molar-refractivity contribution is 5.97. The molecule has 0 unspecified atom stereocenters. The van der Waals surface area contributed by atoms with Gasteiger partial charge < -0.3 is 19.7 Å². The second-order valence-electron chi connectivity index (χ2n) is 8.95. The number of benzene rings is 2. The summed E-state index contributed by atoms with van der Waals surface area (Å²) in [5.41, 5.74) is 7.17. The summed E-state index contributed by atoms with van der Waals surface area (Å²) in [4.78, 5) is 23.6. The fourth-order valence-electron chi connectivity index (χ4n) is 4.91. The first-order chi connectivity index (χ1) is 15.5. The molecule has 2 aliphatic rings. The van der Waals surface area contributed by atoms with E-state index in [9.17, 15) is 9.90 Å². The first-order valence-corrected chi connectivity index (χ1v) is 11.3. The highest BCUT2D eigenvalue weighted by atomic mass is 16.5. The molecule has 3 heterocycles. The lowest BCUT2D eigenvalue weighted by atomic mass is 9.89. The van der Waals surface area contributed by atoms with Crippen LogP contribution < -0.4 is 0 Å². The number of fused-ring (bicyclic) bond motifs is 1. The molecule has 0 aliphatic carbocycles. The number of imidazole rings is 1. The predicted molar refractivity (Wildman–Crippen MR) is 123 cm³/mol. The number of nitrogens with zero attached hydrogens (tertiary/aromatic N) is 2.